The van der Waals surface area contributed by atoms with Crippen molar-refractivity contribution < 1.29 is 0 Å². The van der Waals surface area contributed by atoms with Crippen LogP contribution in [0.5, 0.6) is 0 Å². The molecule has 0 bridgehead atoms. The second-order valence-electron chi connectivity index (χ2n) is 3.86. The van der Waals surface area contributed by atoms with Gasteiger partial charge in [0, 0.05) is 23.5 Å². The van der Waals surface area contributed by atoms with Gasteiger partial charge in [0.25, 0.3) is 0 Å². The van der Waals surface area contributed by atoms with Gasteiger partial charge in [-0.05, 0) is 25.8 Å². The van der Waals surface area contributed by atoms with E-state index in [-0.39, 0.29) is 0 Å². The van der Waals surface area contributed by atoms with E-state index in [2.05, 4.69) is 31.1 Å². The Labute approximate surface area is 97.1 Å². The molecule has 1 heterocycles. The molecule has 0 saturated heterocycles. The first-order chi connectivity index (χ1) is 7.31. The molecule has 0 radical (unpaired) electrons. The average Bonchev–Trinajstić information content (AvgIpc) is 2.69. The number of hydrogen-bond acceptors (Lipinski definition) is 3. The van der Waals surface area contributed by atoms with Crippen molar-refractivity contribution in [2.75, 3.05) is 6.54 Å². The third-order valence-electron chi connectivity index (χ3n) is 2.63. The highest BCUT2D eigenvalue weighted by Gasteiger charge is 2.11. The predicted molar refractivity (Wildman–Crippen MR) is 67.4 cm³/mol. The van der Waals surface area contributed by atoms with Crippen LogP contribution in [0.4, 0.5) is 0 Å². The number of thiazole rings is 1. The van der Waals surface area contributed by atoms with E-state index in [4.69, 9.17) is 0 Å². The Bertz CT molecular complexity index is 266. The largest absolute Gasteiger partial charge is 0.312 e. The zero-order valence-corrected chi connectivity index (χ0v) is 10.9. The summed E-state index contributed by atoms with van der Waals surface area (Å²) < 4.78 is 0. The average molecular weight is 226 g/mol. The summed E-state index contributed by atoms with van der Waals surface area (Å²) in [7, 11) is 0. The Kier molecular flexibility index (Phi) is 5.88. The first-order valence-corrected chi connectivity index (χ1v) is 6.78. The fourth-order valence-corrected chi connectivity index (χ4v) is 2.77. The lowest BCUT2D eigenvalue weighted by Crippen LogP contribution is -2.12. The molecular formula is C12H22N2S. The van der Waals surface area contributed by atoms with E-state index in [0.29, 0.717) is 5.92 Å². The molecule has 1 aromatic heterocycles. The number of nitrogens with one attached hydrogen (secondary N) is 1. The molecule has 1 N–H and O–H groups in total. The van der Waals surface area contributed by atoms with E-state index in [9.17, 15) is 0 Å². The molecule has 3 heteroatoms. The topological polar surface area (TPSA) is 24.9 Å². The molecule has 0 aliphatic carbocycles. The minimum atomic E-state index is 0.662. The summed E-state index contributed by atoms with van der Waals surface area (Å²) in [5, 5.41) is 4.72. The summed E-state index contributed by atoms with van der Waals surface area (Å²) in [6.45, 7) is 8.74. The van der Waals surface area contributed by atoms with Gasteiger partial charge in [0.05, 0.1) is 5.01 Å². The van der Waals surface area contributed by atoms with Crippen molar-refractivity contribution >= 4 is 11.3 Å². The third kappa shape index (κ3) is 3.92. The fourth-order valence-electron chi connectivity index (χ4n) is 1.62. The highest BCUT2D eigenvalue weighted by atomic mass is 32.1. The lowest BCUT2D eigenvalue weighted by atomic mass is 10.1. The lowest BCUT2D eigenvalue weighted by molar-refractivity contribution is 0.637. The zero-order valence-electron chi connectivity index (χ0n) is 10.0. The van der Waals surface area contributed by atoms with Crippen molar-refractivity contribution in [3.63, 3.8) is 0 Å². The first kappa shape index (κ1) is 12.7. The van der Waals surface area contributed by atoms with Crippen LogP contribution in [0.3, 0.4) is 0 Å². The standard InChI is InChI=1S/C12H22N2S/c1-4-7-13-8-11-9-14-12(15-11)10(5-2)6-3/h9-10,13H,4-8H2,1-3H3. The van der Waals surface area contributed by atoms with Gasteiger partial charge in [-0.25, -0.2) is 4.98 Å². The van der Waals surface area contributed by atoms with Crippen LogP contribution in [-0.2, 0) is 6.54 Å². The van der Waals surface area contributed by atoms with Crippen LogP contribution in [0, 0.1) is 0 Å². The van der Waals surface area contributed by atoms with Crippen molar-refractivity contribution in [3.05, 3.63) is 16.1 Å². The highest BCUT2D eigenvalue weighted by molar-refractivity contribution is 7.11. The molecule has 0 fully saturated rings. The normalized spacial score (nSPS) is 11.2. The van der Waals surface area contributed by atoms with Gasteiger partial charge in [0.2, 0.25) is 0 Å². The van der Waals surface area contributed by atoms with Gasteiger partial charge < -0.3 is 5.32 Å². The number of nitrogens with zero attached hydrogens (tertiary/aromatic N) is 1. The van der Waals surface area contributed by atoms with Crippen molar-refractivity contribution in [2.45, 2.75) is 52.5 Å². The molecule has 0 spiro atoms. The van der Waals surface area contributed by atoms with Gasteiger partial charge in [0.1, 0.15) is 0 Å². The fraction of sp³-hybridized carbons (Fsp3) is 0.750. The first-order valence-electron chi connectivity index (χ1n) is 5.97. The Balaban J connectivity index is 2.47. The van der Waals surface area contributed by atoms with Crippen LogP contribution in [-0.4, -0.2) is 11.5 Å². The smallest absolute Gasteiger partial charge is 0.0958 e. The van der Waals surface area contributed by atoms with Gasteiger partial charge in [-0.1, -0.05) is 20.8 Å². The quantitative estimate of drug-likeness (QED) is 0.719. The van der Waals surface area contributed by atoms with Gasteiger partial charge >= 0.3 is 0 Å². The van der Waals surface area contributed by atoms with Crippen LogP contribution >= 0.6 is 11.3 Å². The summed E-state index contributed by atoms with van der Waals surface area (Å²) in [5.41, 5.74) is 0. The molecule has 2 nitrogen and oxygen atoms in total. The second kappa shape index (κ2) is 6.96. The summed E-state index contributed by atoms with van der Waals surface area (Å²) >= 11 is 1.87. The van der Waals surface area contributed by atoms with Crippen molar-refractivity contribution in [1.29, 1.82) is 0 Å². The number of rotatable bonds is 7. The second-order valence-corrected chi connectivity index (χ2v) is 5.00. The van der Waals surface area contributed by atoms with E-state index in [1.165, 1.54) is 29.1 Å². The van der Waals surface area contributed by atoms with Crippen molar-refractivity contribution in [3.8, 4) is 0 Å². The minimum absolute atomic E-state index is 0.662. The summed E-state index contributed by atoms with van der Waals surface area (Å²) in [6, 6.07) is 0. The molecule has 1 aromatic rings. The van der Waals surface area contributed by atoms with Crippen molar-refractivity contribution in [1.82, 2.24) is 10.3 Å². The maximum absolute atomic E-state index is 4.52. The molecule has 0 saturated carbocycles. The molecule has 1 rings (SSSR count). The van der Waals surface area contributed by atoms with Crippen molar-refractivity contribution in [2.24, 2.45) is 0 Å². The summed E-state index contributed by atoms with van der Waals surface area (Å²) in [5.74, 6) is 0.662. The number of aromatic nitrogens is 1. The molecule has 15 heavy (non-hydrogen) atoms. The molecule has 0 aromatic carbocycles. The molecule has 0 aliphatic rings. The highest BCUT2D eigenvalue weighted by Crippen LogP contribution is 2.26. The molecule has 0 aliphatic heterocycles. The van der Waals surface area contributed by atoms with E-state index in [1.54, 1.807) is 0 Å². The van der Waals surface area contributed by atoms with E-state index in [1.807, 2.05) is 17.5 Å². The summed E-state index contributed by atoms with van der Waals surface area (Å²) in [6.07, 6.45) is 5.62. The van der Waals surface area contributed by atoms with Gasteiger partial charge in [-0.2, -0.15) is 0 Å². The van der Waals surface area contributed by atoms with Crippen LogP contribution in [0.2, 0.25) is 0 Å². The van der Waals surface area contributed by atoms with Gasteiger partial charge in [0.15, 0.2) is 0 Å². The minimum Gasteiger partial charge on any atom is -0.312 e. The van der Waals surface area contributed by atoms with E-state index >= 15 is 0 Å². The van der Waals surface area contributed by atoms with E-state index in [0.717, 1.165) is 13.1 Å². The lowest BCUT2D eigenvalue weighted by Gasteiger charge is -2.06. The maximum Gasteiger partial charge on any atom is 0.0958 e. The number of hydrogen-bond donors (Lipinski definition) is 1. The van der Waals surface area contributed by atoms with E-state index < -0.39 is 0 Å². The monoisotopic (exact) mass is 226 g/mol. The molecule has 0 atom stereocenters. The van der Waals surface area contributed by atoms with Crippen LogP contribution in [0.1, 0.15) is 55.8 Å². The molecule has 86 valence electrons. The third-order valence-corrected chi connectivity index (χ3v) is 3.79. The Morgan fingerprint density at radius 2 is 2.07 bits per heavy atom. The molecule has 0 unspecified atom stereocenters. The van der Waals surface area contributed by atoms with Gasteiger partial charge in [-0.3, -0.25) is 0 Å². The Hall–Kier alpha value is -0.410. The molecule has 0 amide bonds. The maximum atomic E-state index is 4.52. The predicted octanol–water partition coefficient (Wildman–Crippen LogP) is 3.55. The van der Waals surface area contributed by atoms with Crippen LogP contribution in [0.15, 0.2) is 6.20 Å². The summed E-state index contributed by atoms with van der Waals surface area (Å²) in [4.78, 5) is 5.88. The SMILES string of the molecule is CCCNCc1cnc(C(CC)CC)s1. The van der Waals surface area contributed by atoms with Gasteiger partial charge in [-0.15, -0.1) is 11.3 Å². The molecular weight excluding hydrogens is 204 g/mol. The Morgan fingerprint density at radius 3 is 2.67 bits per heavy atom. The Morgan fingerprint density at radius 1 is 1.33 bits per heavy atom. The zero-order chi connectivity index (χ0) is 11.1. The van der Waals surface area contributed by atoms with Crippen LogP contribution < -0.4 is 5.32 Å². The van der Waals surface area contributed by atoms with Crippen LogP contribution in [0.25, 0.3) is 0 Å².